The number of carbonyl (C=O) groups excluding carboxylic acids is 3. The topological polar surface area (TPSA) is 78.9 Å². The lowest BCUT2D eigenvalue weighted by atomic mass is 10.0. The molecule has 83 heavy (non-hydrogen) atoms. The van der Waals surface area contributed by atoms with Gasteiger partial charge in [-0.1, -0.05) is 331 Å². The van der Waals surface area contributed by atoms with E-state index in [-0.39, 0.29) is 37.5 Å². The number of allylic oxidation sites excluding steroid dienone is 14. The van der Waals surface area contributed by atoms with Gasteiger partial charge in [0.05, 0.1) is 0 Å². The van der Waals surface area contributed by atoms with Gasteiger partial charge in [-0.25, -0.2) is 0 Å². The summed E-state index contributed by atoms with van der Waals surface area (Å²) < 4.78 is 16.9. The zero-order valence-corrected chi connectivity index (χ0v) is 55.2. The van der Waals surface area contributed by atoms with Crippen molar-refractivity contribution in [3.63, 3.8) is 0 Å². The first-order valence-electron chi connectivity index (χ1n) is 36.1. The first-order valence-corrected chi connectivity index (χ1v) is 36.1. The standard InChI is InChI=1S/C77H136O6/c1-4-7-10-13-16-19-22-25-27-29-31-32-33-34-35-36-37-38-39-40-41-42-43-44-46-47-49-52-55-58-61-64-67-70-76(79)82-73-74(72-81-75(78)69-66-63-60-57-54-51-24-21-18-15-12-9-6-3)83-77(80)71-68-65-62-59-56-53-50-48-45-30-28-26-23-20-17-14-11-8-5-2/h9,12,18,21-22,25-26,28-29,31,51,54,60,63,74H,4-8,10-11,13-17,19-20,23-24,27,30,32-50,52-53,55-59,61-62,64-73H2,1-3H3/b12-9-,21-18-,25-22-,28-26-,31-29-,54-51-,63-60-. The van der Waals surface area contributed by atoms with E-state index in [1.807, 2.05) is 6.08 Å². The molecule has 0 amide bonds. The molecule has 0 aromatic rings. The number of rotatable bonds is 66. The summed E-state index contributed by atoms with van der Waals surface area (Å²) in [6, 6.07) is 0. The van der Waals surface area contributed by atoms with Crippen LogP contribution in [0.25, 0.3) is 0 Å². The Morgan fingerprint density at radius 3 is 0.819 bits per heavy atom. The predicted octanol–water partition coefficient (Wildman–Crippen LogP) is 25.0. The van der Waals surface area contributed by atoms with Crippen LogP contribution < -0.4 is 0 Å². The molecule has 0 spiro atoms. The van der Waals surface area contributed by atoms with Crippen molar-refractivity contribution in [2.75, 3.05) is 13.2 Å². The summed E-state index contributed by atoms with van der Waals surface area (Å²) >= 11 is 0. The van der Waals surface area contributed by atoms with Gasteiger partial charge in [-0.15, -0.1) is 0 Å². The van der Waals surface area contributed by atoms with Crippen LogP contribution in [0.4, 0.5) is 0 Å². The molecule has 0 saturated carbocycles. The van der Waals surface area contributed by atoms with Crippen molar-refractivity contribution in [2.24, 2.45) is 0 Å². The maximum absolute atomic E-state index is 12.9. The smallest absolute Gasteiger partial charge is 0.306 e. The largest absolute Gasteiger partial charge is 0.462 e. The van der Waals surface area contributed by atoms with Crippen LogP contribution in [-0.2, 0) is 28.6 Å². The molecular weight excluding hydrogens is 1020 g/mol. The van der Waals surface area contributed by atoms with Crippen molar-refractivity contribution in [1.82, 2.24) is 0 Å². The lowest BCUT2D eigenvalue weighted by Crippen LogP contribution is -2.30. The number of hydrogen-bond acceptors (Lipinski definition) is 6. The second-order valence-corrected chi connectivity index (χ2v) is 24.1. The summed E-state index contributed by atoms with van der Waals surface area (Å²) in [5.74, 6) is -0.965. The molecule has 6 heteroatoms. The van der Waals surface area contributed by atoms with Crippen LogP contribution in [0.3, 0.4) is 0 Å². The molecule has 0 aromatic carbocycles. The molecule has 0 fully saturated rings. The van der Waals surface area contributed by atoms with Gasteiger partial charge >= 0.3 is 17.9 Å². The minimum atomic E-state index is -0.806. The molecule has 0 aromatic heterocycles. The third-order valence-corrected chi connectivity index (χ3v) is 15.9. The van der Waals surface area contributed by atoms with E-state index in [1.165, 1.54) is 250 Å². The van der Waals surface area contributed by atoms with Gasteiger partial charge in [-0.05, 0) is 103 Å². The van der Waals surface area contributed by atoms with E-state index in [2.05, 4.69) is 99.8 Å². The fourth-order valence-electron chi connectivity index (χ4n) is 10.5. The maximum atomic E-state index is 12.9. The van der Waals surface area contributed by atoms with Crippen LogP contribution in [0.2, 0.25) is 0 Å². The van der Waals surface area contributed by atoms with Gasteiger partial charge in [0.25, 0.3) is 0 Å². The van der Waals surface area contributed by atoms with Gasteiger partial charge in [0.2, 0.25) is 0 Å². The van der Waals surface area contributed by atoms with Crippen molar-refractivity contribution in [3.8, 4) is 0 Å². The highest BCUT2D eigenvalue weighted by atomic mass is 16.6. The van der Waals surface area contributed by atoms with Crippen molar-refractivity contribution in [2.45, 2.75) is 374 Å². The number of hydrogen-bond donors (Lipinski definition) is 0. The molecule has 0 bridgehead atoms. The van der Waals surface area contributed by atoms with Crippen molar-refractivity contribution >= 4 is 17.9 Å². The summed E-state index contributed by atoms with van der Waals surface area (Å²) in [4.78, 5) is 38.3. The Morgan fingerprint density at radius 1 is 0.253 bits per heavy atom. The summed E-state index contributed by atoms with van der Waals surface area (Å²) in [6.45, 7) is 6.49. The van der Waals surface area contributed by atoms with Crippen LogP contribution in [-0.4, -0.2) is 37.2 Å². The fraction of sp³-hybridized carbons (Fsp3) is 0.779. The second-order valence-electron chi connectivity index (χ2n) is 24.1. The van der Waals surface area contributed by atoms with E-state index < -0.39 is 6.10 Å². The van der Waals surface area contributed by atoms with Crippen molar-refractivity contribution in [3.05, 3.63) is 85.1 Å². The molecule has 0 radical (unpaired) electrons. The Hall–Kier alpha value is -3.41. The highest BCUT2D eigenvalue weighted by molar-refractivity contribution is 5.71. The number of unbranched alkanes of at least 4 members (excludes halogenated alkanes) is 41. The molecule has 0 N–H and O–H groups in total. The molecule has 0 aliphatic carbocycles. The van der Waals surface area contributed by atoms with Gasteiger partial charge in [0.15, 0.2) is 6.10 Å². The van der Waals surface area contributed by atoms with Gasteiger partial charge < -0.3 is 14.2 Å². The van der Waals surface area contributed by atoms with E-state index in [1.54, 1.807) is 0 Å². The molecule has 0 heterocycles. The summed E-state index contributed by atoms with van der Waals surface area (Å²) in [7, 11) is 0. The lowest BCUT2D eigenvalue weighted by Gasteiger charge is -2.18. The van der Waals surface area contributed by atoms with E-state index in [4.69, 9.17) is 14.2 Å². The molecule has 1 unspecified atom stereocenters. The minimum Gasteiger partial charge on any atom is -0.462 e. The van der Waals surface area contributed by atoms with Gasteiger partial charge in [-0.3, -0.25) is 14.4 Å². The van der Waals surface area contributed by atoms with Crippen LogP contribution >= 0.6 is 0 Å². The SMILES string of the molecule is CC/C=C\C/C=C\C/C=C\C/C=C\CCC(=O)OCC(COC(=O)CCCCCCCCCCCCCCCCCCCCCCC/C=C\C/C=C\CCCCCCC)OC(=O)CCCCCCCCCCC/C=C\CCCCCCCC. The maximum Gasteiger partial charge on any atom is 0.306 e. The zero-order valence-electron chi connectivity index (χ0n) is 55.2. The van der Waals surface area contributed by atoms with Gasteiger partial charge in [0.1, 0.15) is 13.2 Å². The van der Waals surface area contributed by atoms with E-state index in [9.17, 15) is 14.4 Å². The third-order valence-electron chi connectivity index (χ3n) is 15.9. The average Bonchev–Trinajstić information content (AvgIpc) is 3.49. The lowest BCUT2D eigenvalue weighted by molar-refractivity contribution is -0.166. The van der Waals surface area contributed by atoms with Crippen LogP contribution in [0.15, 0.2) is 85.1 Å². The Morgan fingerprint density at radius 2 is 0.494 bits per heavy atom. The third kappa shape index (κ3) is 69.3. The van der Waals surface area contributed by atoms with E-state index in [0.717, 1.165) is 70.6 Å². The highest BCUT2D eigenvalue weighted by Crippen LogP contribution is 2.18. The predicted molar refractivity (Wildman–Crippen MR) is 362 cm³/mol. The normalized spacial score (nSPS) is 12.6. The number of carbonyl (C=O) groups is 3. The molecular formula is C77H136O6. The zero-order chi connectivity index (χ0) is 59.9. The highest BCUT2D eigenvalue weighted by Gasteiger charge is 2.19. The van der Waals surface area contributed by atoms with Crippen LogP contribution in [0.5, 0.6) is 0 Å². The van der Waals surface area contributed by atoms with E-state index >= 15 is 0 Å². The molecule has 6 nitrogen and oxygen atoms in total. The fourth-order valence-corrected chi connectivity index (χ4v) is 10.5. The summed E-state index contributed by atoms with van der Waals surface area (Å²) in [5.41, 5.74) is 0. The molecule has 0 aliphatic heterocycles. The minimum absolute atomic E-state index is 0.0958. The van der Waals surface area contributed by atoms with Crippen LogP contribution in [0.1, 0.15) is 367 Å². The Labute approximate surface area is 515 Å². The quantitative estimate of drug-likeness (QED) is 0.0261. The average molecular weight is 1160 g/mol. The number of ether oxygens (including phenoxy) is 3. The van der Waals surface area contributed by atoms with E-state index in [0.29, 0.717) is 19.3 Å². The van der Waals surface area contributed by atoms with Crippen molar-refractivity contribution < 1.29 is 28.6 Å². The van der Waals surface area contributed by atoms with Gasteiger partial charge in [0, 0.05) is 19.3 Å². The van der Waals surface area contributed by atoms with Gasteiger partial charge in [-0.2, -0.15) is 0 Å². The summed E-state index contributed by atoms with van der Waals surface area (Å²) in [6.07, 6.45) is 95.1. The first-order chi connectivity index (χ1) is 41.0. The Bertz CT molecular complexity index is 1570. The summed E-state index contributed by atoms with van der Waals surface area (Å²) in [5, 5.41) is 0. The monoisotopic (exact) mass is 1160 g/mol. The van der Waals surface area contributed by atoms with Crippen molar-refractivity contribution in [1.29, 1.82) is 0 Å². The molecule has 480 valence electrons. The Balaban J connectivity index is 4.18. The molecule has 1 atom stereocenters. The number of esters is 3. The second kappa shape index (κ2) is 71.1. The molecule has 0 rings (SSSR count). The van der Waals surface area contributed by atoms with Crippen LogP contribution in [0, 0.1) is 0 Å². The Kier molecular flexibility index (Phi) is 68.2. The first kappa shape index (κ1) is 79.6. The molecule has 0 saturated heterocycles. The molecule has 0 aliphatic rings.